The van der Waals surface area contributed by atoms with Gasteiger partial charge in [-0.2, -0.15) is 17.9 Å². The maximum absolute atomic E-state index is 11.9. The Bertz CT molecular complexity index is 362. The lowest BCUT2D eigenvalue weighted by molar-refractivity contribution is -0.394. The minimum atomic E-state index is -4.50. The van der Waals surface area contributed by atoms with Crippen molar-refractivity contribution in [3.63, 3.8) is 0 Å². The summed E-state index contributed by atoms with van der Waals surface area (Å²) in [4.78, 5) is 12.3. The molecule has 0 bridgehead atoms. The number of rotatable bonds is 2. The molecule has 1 heterocycles. The molecule has 0 atom stereocenters. The van der Waals surface area contributed by atoms with Crippen molar-refractivity contribution in [1.82, 2.24) is 14.8 Å². The van der Waals surface area contributed by atoms with E-state index in [1.807, 2.05) is 0 Å². The van der Waals surface area contributed by atoms with Crippen LogP contribution >= 0.6 is 15.9 Å². The summed E-state index contributed by atoms with van der Waals surface area (Å²) in [6.07, 6.45) is -4.50. The van der Waals surface area contributed by atoms with Gasteiger partial charge in [0.1, 0.15) is 0 Å². The van der Waals surface area contributed by atoms with Gasteiger partial charge in [0.05, 0.1) is 0 Å². The van der Waals surface area contributed by atoms with E-state index in [9.17, 15) is 23.3 Å². The van der Waals surface area contributed by atoms with Crippen LogP contribution in [0.3, 0.4) is 0 Å². The van der Waals surface area contributed by atoms with Crippen molar-refractivity contribution in [2.24, 2.45) is 0 Å². The van der Waals surface area contributed by atoms with Crippen LogP contribution in [-0.2, 0) is 6.54 Å². The van der Waals surface area contributed by atoms with E-state index in [1.165, 1.54) is 0 Å². The first-order valence-electron chi connectivity index (χ1n) is 3.11. The van der Waals surface area contributed by atoms with Crippen molar-refractivity contribution < 1.29 is 18.1 Å². The highest BCUT2D eigenvalue weighted by Gasteiger charge is 2.33. The first kappa shape index (κ1) is 10.9. The van der Waals surface area contributed by atoms with Gasteiger partial charge in [-0.1, -0.05) is 0 Å². The van der Waals surface area contributed by atoms with Crippen molar-refractivity contribution in [3.05, 3.63) is 14.8 Å². The predicted molar refractivity (Wildman–Crippen MR) is 40.4 cm³/mol. The molecule has 1 aromatic heterocycles. The first-order chi connectivity index (χ1) is 6.29. The molecule has 0 saturated heterocycles. The Hall–Kier alpha value is -1.19. The second-order valence-electron chi connectivity index (χ2n) is 2.21. The number of alkyl halides is 3. The number of halogens is 4. The second kappa shape index (κ2) is 3.52. The Balaban J connectivity index is 2.94. The Morgan fingerprint density at radius 2 is 2.14 bits per heavy atom. The molecular weight excluding hydrogens is 273 g/mol. The monoisotopic (exact) mass is 274 g/mol. The molecule has 0 radical (unpaired) electrons. The molecule has 0 unspecified atom stereocenters. The van der Waals surface area contributed by atoms with Crippen molar-refractivity contribution in [2.75, 3.05) is 0 Å². The number of hydrogen-bond acceptors (Lipinski definition) is 4. The Morgan fingerprint density at radius 1 is 1.57 bits per heavy atom. The standard InChI is InChI=1S/C4H2BrF3N4O2/c5-2-9-3(12(13)14)10-11(2)1-4(6,7)8/h1H2. The van der Waals surface area contributed by atoms with Gasteiger partial charge in [0.15, 0.2) is 6.54 Å². The Labute approximate surface area is 83.0 Å². The number of aromatic nitrogens is 3. The van der Waals surface area contributed by atoms with Crippen molar-refractivity contribution >= 4 is 21.9 Å². The van der Waals surface area contributed by atoms with Crippen LogP contribution in [0.25, 0.3) is 0 Å². The van der Waals surface area contributed by atoms with Gasteiger partial charge in [0.2, 0.25) is 0 Å². The first-order valence-corrected chi connectivity index (χ1v) is 3.90. The van der Waals surface area contributed by atoms with Crippen LogP contribution in [0.1, 0.15) is 0 Å². The van der Waals surface area contributed by atoms with Crippen LogP contribution in [0.2, 0.25) is 0 Å². The molecule has 0 aliphatic rings. The van der Waals surface area contributed by atoms with E-state index < -0.39 is 23.6 Å². The summed E-state index contributed by atoms with van der Waals surface area (Å²) in [7, 11) is 0. The van der Waals surface area contributed by atoms with Crippen molar-refractivity contribution in [3.8, 4) is 0 Å². The Kier molecular flexibility index (Phi) is 2.73. The molecule has 78 valence electrons. The van der Waals surface area contributed by atoms with E-state index in [0.29, 0.717) is 4.68 Å². The van der Waals surface area contributed by atoms with Gasteiger partial charge in [-0.15, -0.1) is 0 Å². The van der Waals surface area contributed by atoms with Gasteiger partial charge in [0.25, 0.3) is 4.73 Å². The summed E-state index contributed by atoms with van der Waals surface area (Å²) in [6, 6.07) is 0. The molecule has 0 fully saturated rings. The zero-order valence-corrected chi connectivity index (χ0v) is 7.91. The molecule has 0 saturated carbocycles. The molecule has 1 rings (SSSR count). The average Bonchev–Trinajstić information content (AvgIpc) is 2.29. The molecule has 0 aromatic carbocycles. The van der Waals surface area contributed by atoms with Gasteiger partial charge in [0, 0.05) is 21.0 Å². The van der Waals surface area contributed by atoms with E-state index in [-0.39, 0.29) is 4.73 Å². The molecular formula is C4H2BrF3N4O2. The maximum atomic E-state index is 11.9. The van der Waals surface area contributed by atoms with Gasteiger partial charge in [-0.3, -0.25) is 0 Å². The van der Waals surface area contributed by atoms with E-state index >= 15 is 0 Å². The largest absolute Gasteiger partial charge is 0.492 e. The maximum Gasteiger partial charge on any atom is 0.492 e. The summed E-state index contributed by atoms with van der Waals surface area (Å²) < 4.78 is 35.6. The fraction of sp³-hybridized carbons (Fsp3) is 0.500. The predicted octanol–water partition coefficient (Wildman–Crippen LogP) is 1.51. The smallest absolute Gasteiger partial charge is 0.390 e. The molecule has 10 heteroatoms. The quantitative estimate of drug-likeness (QED) is 0.605. The van der Waals surface area contributed by atoms with Crippen molar-refractivity contribution in [1.29, 1.82) is 0 Å². The van der Waals surface area contributed by atoms with E-state index in [0.717, 1.165) is 0 Å². The van der Waals surface area contributed by atoms with Crippen LogP contribution in [0.4, 0.5) is 19.1 Å². The number of nitrogens with zero attached hydrogens (tertiary/aromatic N) is 4. The SMILES string of the molecule is O=[N+]([O-])c1nc(Br)n(CC(F)(F)F)n1. The molecule has 0 aliphatic heterocycles. The van der Waals surface area contributed by atoms with Crippen LogP contribution in [0.5, 0.6) is 0 Å². The lowest BCUT2D eigenvalue weighted by atomic mass is 10.6. The lowest BCUT2D eigenvalue weighted by Crippen LogP contribution is -2.18. The fourth-order valence-corrected chi connectivity index (χ4v) is 1.02. The minimum absolute atomic E-state index is 0.332. The zero-order chi connectivity index (χ0) is 10.9. The van der Waals surface area contributed by atoms with E-state index in [4.69, 9.17) is 0 Å². The number of hydrogen-bond donors (Lipinski definition) is 0. The fourth-order valence-electron chi connectivity index (χ4n) is 0.660. The summed E-state index contributed by atoms with van der Waals surface area (Å²) in [5, 5.41) is 13.1. The van der Waals surface area contributed by atoms with E-state index in [2.05, 4.69) is 26.0 Å². The molecule has 1 aromatic rings. The van der Waals surface area contributed by atoms with E-state index in [1.54, 1.807) is 0 Å². The van der Waals surface area contributed by atoms with Crippen molar-refractivity contribution in [2.45, 2.75) is 12.7 Å². The third-order valence-electron chi connectivity index (χ3n) is 1.11. The molecule has 0 amide bonds. The topological polar surface area (TPSA) is 73.8 Å². The average molecular weight is 275 g/mol. The molecule has 0 N–H and O–H groups in total. The lowest BCUT2D eigenvalue weighted by Gasteiger charge is -2.02. The van der Waals surface area contributed by atoms with Crippen LogP contribution in [0, 0.1) is 10.1 Å². The summed E-state index contributed by atoms with van der Waals surface area (Å²) in [6.45, 7) is -1.42. The third-order valence-corrected chi connectivity index (χ3v) is 1.69. The molecule has 0 aliphatic carbocycles. The van der Waals surface area contributed by atoms with Crippen LogP contribution in [-0.4, -0.2) is 25.9 Å². The highest BCUT2D eigenvalue weighted by atomic mass is 79.9. The normalized spacial score (nSPS) is 11.7. The minimum Gasteiger partial charge on any atom is -0.390 e. The van der Waals surface area contributed by atoms with Gasteiger partial charge in [-0.25, -0.2) is 0 Å². The van der Waals surface area contributed by atoms with Gasteiger partial charge >= 0.3 is 12.1 Å². The molecule has 6 nitrogen and oxygen atoms in total. The highest BCUT2D eigenvalue weighted by Crippen LogP contribution is 2.20. The second-order valence-corrected chi connectivity index (χ2v) is 2.92. The molecule has 14 heavy (non-hydrogen) atoms. The molecule has 0 spiro atoms. The van der Waals surface area contributed by atoms with Gasteiger partial charge < -0.3 is 10.1 Å². The van der Waals surface area contributed by atoms with Crippen LogP contribution in [0.15, 0.2) is 4.73 Å². The summed E-state index contributed by atoms with van der Waals surface area (Å²) >= 11 is 2.62. The number of nitro groups is 1. The summed E-state index contributed by atoms with van der Waals surface area (Å²) in [5.74, 6) is -0.874. The Morgan fingerprint density at radius 3 is 2.50 bits per heavy atom. The van der Waals surface area contributed by atoms with Crippen LogP contribution < -0.4 is 0 Å². The van der Waals surface area contributed by atoms with Gasteiger partial charge in [-0.05, 0) is 9.91 Å². The summed E-state index contributed by atoms with van der Waals surface area (Å²) in [5.41, 5.74) is 0. The zero-order valence-electron chi connectivity index (χ0n) is 6.32. The highest BCUT2D eigenvalue weighted by molar-refractivity contribution is 9.10. The third kappa shape index (κ3) is 2.65.